The monoisotopic (exact) mass is 390 g/mol. The average molecular weight is 390 g/mol. The summed E-state index contributed by atoms with van der Waals surface area (Å²) in [6.45, 7) is 8.04. The summed E-state index contributed by atoms with van der Waals surface area (Å²) in [7, 11) is 0. The normalized spacial score (nSPS) is 23.5. The van der Waals surface area contributed by atoms with Crippen LogP contribution in [0.3, 0.4) is 0 Å². The number of carbonyl (C=O) groups is 1. The minimum absolute atomic E-state index is 0.0372. The lowest BCUT2D eigenvalue weighted by Gasteiger charge is -2.21. The van der Waals surface area contributed by atoms with Crippen LogP contribution in [0.15, 0.2) is 23.3 Å². The quantitative estimate of drug-likeness (QED) is 0.566. The topological polar surface area (TPSA) is 97.5 Å². The number of ether oxygens (including phenoxy) is 2. The average Bonchev–Trinajstić information content (AvgIpc) is 3.20. The molecule has 1 aromatic carbocycles. The molecule has 1 amide bonds. The van der Waals surface area contributed by atoms with Crippen molar-refractivity contribution >= 4 is 12.1 Å². The smallest absolute Gasteiger partial charge is 0.417 e. The zero-order valence-electron chi connectivity index (χ0n) is 16.5. The van der Waals surface area contributed by atoms with Gasteiger partial charge in [-0.15, -0.1) is 0 Å². The Morgan fingerprint density at radius 1 is 1.39 bits per heavy atom. The zero-order valence-corrected chi connectivity index (χ0v) is 16.5. The second-order valence-corrected chi connectivity index (χ2v) is 7.47. The second-order valence-electron chi connectivity index (χ2n) is 7.47. The van der Waals surface area contributed by atoms with Crippen LogP contribution in [0.5, 0.6) is 0 Å². The van der Waals surface area contributed by atoms with Crippen molar-refractivity contribution in [3.8, 4) is 0 Å². The largest absolute Gasteiger partial charge is 0.444 e. The predicted octanol–water partition coefficient (Wildman–Crippen LogP) is 2.53. The molecule has 0 saturated carbocycles. The number of benzene rings is 1. The number of hydrogen-bond acceptors (Lipinski definition) is 5. The van der Waals surface area contributed by atoms with E-state index in [0.29, 0.717) is 26.2 Å². The van der Waals surface area contributed by atoms with Crippen molar-refractivity contribution in [3.05, 3.63) is 45.0 Å². The van der Waals surface area contributed by atoms with Crippen LogP contribution in [0.1, 0.15) is 30.0 Å². The molecule has 2 aliphatic rings. The highest BCUT2D eigenvalue weighted by atomic mass is 16.7. The summed E-state index contributed by atoms with van der Waals surface area (Å²) < 4.78 is 11.0. The summed E-state index contributed by atoms with van der Waals surface area (Å²) in [5.74, 6) is 0.299. The molecule has 2 heterocycles. The maximum absolute atomic E-state index is 12.6. The Labute approximate surface area is 164 Å². The van der Waals surface area contributed by atoms with Crippen LogP contribution in [0.2, 0.25) is 0 Å². The highest BCUT2D eigenvalue weighted by Crippen LogP contribution is 2.23. The Bertz CT molecular complexity index is 782. The van der Waals surface area contributed by atoms with Crippen LogP contribution in [-0.4, -0.2) is 59.2 Å². The van der Waals surface area contributed by atoms with E-state index in [1.54, 1.807) is 4.90 Å². The first-order valence-corrected chi connectivity index (χ1v) is 9.43. The molecule has 0 N–H and O–H groups in total. The van der Waals surface area contributed by atoms with Gasteiger partial charge >= 0.3 is 6.09 Å². The first-order valence-electron chi connectivity index (χ1n) is 9.43. The van der Waals surface area contributed by atoms with E-state index in [9.17, 15) is 14.9 Å². The lowest BCUT2D eigenvalue weighted by molar-refractivity contribution is -0.486. The maximum atomic E-state index is 12.6. The standard InChI is InChI=1S/C19H26N4O5/c1-13-4-5-17(14(2)8-13)12-28-19(24)22-7-6-21(18(22)20-23(25)26)10-16-9-15(3)27-11-16/h4-5,8,15-16H,6-7,9-12H2,1-3H3. The summed E-state index contributed by atoms with van der Waals surface area (Å²) >= 11 is 0. The van der Waals surface area contributed by atoms with Gasteiger partial charge in [0.25, 0.3) is 5.96 Å². The van der Waals surface area contributed by atoms with Crippen molar-refractivity contribution in [1.82, 2.24) is 9.80 Å². The molecule has 3 rings (SSSR count). The van der Waals surface area contributed by atoms with Crippen molar-refractivity contribution < 1.29 is 19.3 Å². The molecule has 2 aliphatic heterocycles. The molecule has 152 valence electrons. The lowest BCUT2D eigenvalue weighted by Crippen LogP contribution is -2.40. The zero-order chi connectivity index (χ0) is 20.3. The van der Waals surface area contributed by atoms with Crippen LogP contribution in [-0.2, 0) is 16.1 Å². The molecular weight excluding hydrogens is 364 g/mol. The van der Waals surface area contributed by atoms with E-state index in [0.717, 1.165) is 23.1 Å². The van der Waals surface area contributed by atoms with Crippen LogP contribution in [0.25, 0.3) is 0 Å². The number of amides is 1. The SMILES string of the molecule is Cc1ccc(COC(=O)N2CCN(CC3COC(C)C3)C2=N[N+](=O)[O-])c(C)c1. The van der Waals surface area contributed by atoms with Crippen molar-refractivity contribution in [1.29, 1.82) is 0 Å². The molecule has 1 aromatic rings. The molecule has 0 spiro atoms. The fourth-order valence-electron chi connectivity index (χ4n) is 3.70. The van der Waals surface area contributed by atoms with Gasteiger partial charge in [0, 0.05) is 19.0 Å². The Hall–Kier alpha value is -2.68. The molecule has 0 radical (unpaired) electrons. The number of hydrogen-bond donors (Lipinski definition) is 0. The number of guanidine groups is 1. The highest BCUT2D eigenvalue weighted by molar-refractivity contribution is 5.95. The van der Waals surface area contributed by atoms with Gasteiger partial charge in [0.05, 0.1) is 19.3 Å². The van der Waals surface area contributed by atoms with E-state index in [1.165, 1.54) is 4.90 Å². The van der Waals surface area contributed by atoms with E-state index < -0.39 is 11.1 Å². The van der Waals surface area contributed by atoms with Gasteiger partial charge in [-0.3, -0.25) is 0 Å². The van der Waals surface area contributed by atoms with Gasteiger partial charge in [0.15, 0.2) is 5.03 Å². The molecule has 0 aromatic heterocycles. The van der Waals surface area contributed by atoms with Crippen LogP contribution in [0, 0.1) is 29.9 Å². The Balaban J connectivity index is 1.65. The van der Waals surface area contributed by atoms with Gasteiger partial charge in [-0.2, -0.15) is 0 Å². The number of carbonyl (C=O) groups excluding carboxylic acids is 1. The van der Waals surface area contributed by atoms with E-state index in [2.05, 4.69) is 5.10 Å². The van der Waals surface area contributed by atoms with Crippen molar-refractivity contribution in [2.24, 2.45) is 11.0 Å². The van der Waals surface area contributed by atoms with E-state index in [4.69, 9.17) is 9.47 Å². The molecule has 2 fully saturated rings. The van der Waals surface area contributed by atoms with Gasteiger partial charge in [0.2, 0.25) is 0 Å². The number of nitro groups is 1. The molecular formula is C19H26N4O5. The van der Waals surface area contributed by atoms with Gasteiger partial charge in [0.1, 0.15) is 11.7 Å². The summed E-state index contributed by atoms with van der Waals surface area (Å²) in [5, 5.41) is 13.7. The van der Waals surface area contributed by atoms with Gasteiger partial charge in [-0.25, -0.2) is 19.8 Å². The van der Waals surface area contributed by atoms with Gasteiger partial charge in [-0.1, -0.05) is 23.8 Å². The lowest BCUT2D eigenvalue weighted by atomic mass is 10.1. The fraction of sp³-hybridized carbons (Fsp3) is 0.579. The van der Waals surface area contributed by atoms with Crippen LogP contribution < -0.4 is 0 Å². The number of hydrazone groups is 1. The highest BCUT2D eigenvalue weighted by Gasteiger charge is 2.37. The first-order chi connectivity index (χ1) is 13.3. The summed E-state index contributed by atoms with van der Waals surface area (Å²) in [4.78, 5) is 26.6. The summed E-state index contributed by atoms with van der Waals surface area (Å²) in [6, 6.07) is 5.89. The van der Waals surface area contributed by atoms with E-state index in [1.807, 2.05) is 39.0 Å². The van der Waals surface area contributed by atoms with Gasteiger partial charge < -0.3 is 14.4 Å². The predicted molar refractivity (Wildman–Crippen MR) is 102 cm³/mol. The van der Waals surface area contributed by atoms with Crippen LogP contribution in [0.4, 0.5) is 4.79 Å². The number of rotatable bonds is 5. The van der Waals surface area contributed by atoms with E-state index in [-0.39, 0.29) is 24.6 Å². The summed E-state index contributed by atoms with van der Waals surface area (Å²) in [5.41, 5.74) is 3.07. The molecule has 9 heteroatoms. The molecule has 0 bridgehead atoms. The molecule has 28 heavy (non-hydrogen) atoms. The minimum atomic E-state index is -0.772. The Kier molecular flexibility index (Phi) is 6.13. The number of aryl methyl sites for hydroxylation is 2. The molecule has 2 saturated heterocycles. The third-order valence-corrected chi connectivity index (χ3v) is 5.12. The molecule has 2 atom stereocenters. The first kappa shape index (κ1) is 20.1. The third-order valence-electron chi connectivity index (χ3n) is 5.12. The van der Waals surface area contributed by atoms with Crippen molar-refractivity contribution in [2.75, 3.05) is 26.2 Å². The fourth-order valence-corrected chi connectivity index (χ4v) is 3.70. The minimum Gasteiger partial charge on any atom is -0.444 e. The number of nitrogens with zero attached hydrogens (tertiary/aromatic N) is 4. The summed E-state index contributed by atoms with van der Waals surface area (Å²) in [6.07, 6.45) is 0.445. The Morgan fingerprint density at radius 3 is 2.82 bits per heavy atom. The van der Waals surface area contributed by atoms with Gasteiger partial charge in [-0.05, 0) is 38.3 Å². The van der Waals surface area contributed by atoms with E-state index >= 15 is 0 Å². The van der Waals surface area contributed by atoms with Crippen molar-refractivity contribution in [2.45, 2.75) is 39.9 Å². The second kappa shape index (κ2) is 8.55. The molecule has 2 unspecified atom stereocenters. The van der Waals surface area contributed by atoms with Crippen molar-refractivity contribution in [3.63, 3.8) is 0 Å². The molecule has 9 nitrogen and oxygen atoms in total. The Morgan fingerprint density at radius 2 is 2.18 bits per heavy atom. The third kappa shape index (κ3) is 4.78. The molecule has 0 aliphatic carbocycles. The maximum Gasteiger partial charge on any atom is 0.417 e. The van der Waals surface area contributed by atoms with Crippen LogP contribution >= 0.6 is 0 Å².